The van der Waals surface area contributed by atoms with E-state index in [-0.39, 0.29) is 10.1 Å². The molecular weight excluding hydrogens is 93.1 g/mol. The molecule has 0 fully saturated rings. The minimum absolute atomic E-state index is 0. The van der Waals surface area contributed by atoms with Crippen LogP contribution in [0.1, 0.15) is 20.8 Å². The average Bonchev–Trinajstić information content (AvgIpc) is 1.35. The van der Waals surface area contributed by atoms with Crippen molar-refractivity contribution in [2.75, 3.05) is 0 Å². The van der Waals surface area contributed by atoms with Gasteiger partial charge in [0.1, 0.15) is 0 Å². The fourth-order valence-electron chi connectivity index (χ4n) is 0. The zero-order valence-corrected chi connectivity index (χ0v) is 4.86. The van der Waals surface area contributed by atoms with Gasteiger partial charge in [-0.05, 0) is 20.8 Å². The summed E-state index contributed by atoms with van der Waals surface area (Å²) in [4.78, 5) is 0. The molecule has 0 aromatic carbocycles. The van der Waals surface area contributed by atoms with E-state index in [0.29, 0.717) is 0 Å². The van der Waals surface area contributed by atoms with Gasteiger partial charge in [0.05, 0.1) is 6.07 Å². The van der Waals surface area contributed by atoms with Gasteiger partial charge in [-0.25, -0.2) is 0 Å². The van der Waals surface area contributed by atoms with Gasteiger partial charge in [-0.1, -0.05) is 0 Å². The first kappa shape index (κ1) is 9.65. The van der Waals surface area contributed by atoms with Crippen molar-refractivity contribution >= 4 is 0 Å². The highest BCUT2D eigenvalue weighted by Gasteiger charge is 2.04. The van der Waals surface area contributed by atoms with Gasteiger partial charge in [-0.15, -0.1) is 0 Å². The van der Waals surface area contributed by atoms with Crippen LogP contribution in [-0.4, -0.2) is 0 Å². The Morgan fingerprint density at radius 3 is 1.43 bits per heavy atom. The molecule has 0 saturated heterocycles. The first-order valence-corrected chi connectivity index (χ1v) is 1.97. The first-order chi connectivity index (χ1) is 2.56. The van der Waals surface area contributed by atoms with Gasteiger partial charge in [0.2, 0.25) is 0 Å². The fourth-order valence-corrected chi connectivity index (χ4v) is 0. The van der Waals surface area contributed by atoms with Gasteiger partial charge in [-0.2, -0.15) is 5.26 Å². The van der Waals surface area contributed by atoms with Crippen molar-refractivity contribution in [1.82, 2.24) is 0 Å². The molecule has 1 nitrogen and oxygen atoms in total. The Labute approximate surface area is 43.3 Å². The lowest BCUT2D eigenvalue weighted by Crippen LogP contribution is -1.97. The second-order valence-corrected chi connectivity index (χ2v) is 2.36. The van der Waals surface area contributed by atoms with Crippen molar-refractivity contribution in [3.63, 3.8) is 0 Å². The Balaban J connectivity index is 0. The van der Waals surface area contributed by atoms with Crippen LogP contribution in [0.15, 0.2) is 0 Å². The third-order valence-electron chi connectivity index (χ3n) is 0.335. The molecule has 7 heavy (non-hydrogen) atoms. The molecule has 42 valence electrons. The summed E-state index contributed by atoms with van der Waals surface area (Å²) in [6.45, 7) is 5.65. The first-order valence-electron chi connectivity index (χ1n) is 1.97. The molecule has 0 amide bonds. The lowest BCUT2D eigenvalue weighted by Gasteiger charge is -2.01. The Kier molecular flexibility index (Phi) is 3.54. The van der Waals surface area contributed by atoms with Crippen LogP contribution in [0, 0.1) is 16.7 Å². The van der Waals surface area contributed by atoms with Crippen LogP contribution < -0.4 is 0 Å². The minimum atomic E-state index is -0.153. The van der Waals surface area contributed by atoms with E-state index in [1.54, 1.807) is 0 Å². The number of hydrogen-bond acceptors (Lipinski definition) is 1. The predicted octanol–water partition coefficient (Wildman–Crippen LogP) is 1.71. The van der Waals surface area contributed by atoms with Crippen LogP contribution in [0.2, 0.25) is 0 Å². The highest BCUT2D eigenvalue weighted by Crippen LogP contribution is 2.08. The van der Waals surface area contributed by atoms with Crippen molar-refractivity contribution in [3.05, 3.63) is 0 Å². The van der Waals surface area contributed by atoms with Crippen molar-refractivity contribution < 1.29 is 4.70 Å². The summed E-state index contributed by atoms with van der Waals surface area (Å²) in [6, 6.07) is 2.10. The molecule has 0 heterocycles. The quantitative estimate of drug-likeness (QED) is 0.458. The van der Waals surface area contributed by atoms with E-state index in [1.165, 1.54) is 0 Å². The number of hydrogen-bond donors (Lipinski definition) is 0. The zero-order chi connectivity index (χ0) is 5.21. The maximum atomic E-state index is 8.15. The molecule has 0 bridgehead atoms. The molecule has 0 spiro atoms. The van der Waals surface area contributed by atoms with Crippen molar-refractivity contribution in [3.8, 4) is 6.07 Å². The lowest BCUT2D eigenvalue weighted by molar-refractivity contribution is 0.561. The van der Waals surface area contributed by atoms with Gasteiger partial charge in [0, 0.05) is 5.41 Å². The molecule has 0 radical (unpaired) electrons. The van der Waals surface area contributed by atoms with E-state index < -0.39 is 0 Å². The summed E-state index contributed by atoms with van der Waals surface area (Å²) >= 11 is 0. The van der Waals surface area contributed by atoms with E-state index in [4.69, 9.17) is 5.26 Å². The molecule has 0 aliphatic rings. The summed E-state index contributed by atoms with van der Waals surface area (Å²) in [5, 5.41) is 8.15. The minimum Gasteiger partial charge on any atom is -0.269 e. The summed E-state index contributed by atoms with van der Waals surface area (Å²) in [7, 11) is 0. The molecule has 0 unspecified atom stereocenters. The summed E-state index contributed by atoms with van der Waals surface area (Å²) < 4.78 is 0. The van der Waals surface area contributed by atoms with Crippen LogP contribution in [0.4, 0.5) is 4.70 Å². The van der Waals surface area contributed by atoms with Crippen LogP contribution in [0.5, 0.6) is 0 Å². The second-order valence-electron chi connectivity index (χ2n) is 2.36. The third-order valence-corrected chi connectivity index (χ3v) is 0.335. The van der Waals surface area contributed by atoms with Gasteiger partial charge in [0.25, 0.3) is 0 Å². The van der Waals surface area contributed by atoms with Crippen LogP contribution in [-0.2, 0) is 0 Å². The lowest BCUT2D eigenvalue weighted by atomic mass is 10.0. The van der Waals surface area contributed by atoms with E-state index in [0.717, 1.165) is 0 Å². The van der Waals surface area contributed by atoms with Gasteiger partial charge < -0.3 is 0 Å². The molecule has 2 heteroatoms. The number of nitriles is 1. The molecule has 0 rings (SSSR count). The normalized spacial score (nSPS) is 8.86. The largest absolute Gasteiger partial charge is 0.269 e. The summed E-state index contributed by atoms with van der Waals surface area (Å²) in [6.07, 6.45) is 0. The molecule has 0 N–H and O–H groups in total. The fraction of sp³-hybridized carbons (Fsp3) is 0.800. The second kappa shape index (κ2) is 2.57. The van der Waals surface area contributed by atoms with Crippen molar-refractivity contribution in [2.24, 2.45) is 5.41 Å². The van der Waals surface area contributed by atoms with E-state index in [9.17, 15) is 0 Å². The Morgan fingerprint density at radius 1 is 1.29 bits per heavy atom. The molecule has 0 aliphatic carbocycles. The van der Waals surface area contributed by atoms with E-state index in [2.05, 4.69) is 6.07 Å². The highest BCUT2D eigenvalue weighted by molar-refractivity contribution is 4.86. The topological polar surface area (TPSA) is 23.8 Å². The van der Waals surface area contributed by atoms with Crippen LogP contribution >= 0.6 is 0 Å². The molecule has 0 aromatic rings. The molecule has 0 atom stereocenters. The average molecular weight is 103 g/mol. The SMILES string of the molecule is CC(C)(C)C#N.F. The van der Waals surface area contributed by atoms with Crippen molar-refractivity contribution in [2.45, 2.75) is 20.8 Å². The summed E-state index contributed by atoms with van der Waals surface area (Å²) in [5.74, 6) is 0. The van der Waals surface area contributed by atoms with Crippen LogP contribution in [0.3, 0.4) is 0 Å². The third kappa shape index (κ3) is 10.8. The Hall–Kier alpha value is -0.580. The maximum absolute atomic E-state index is 8.15. The predicted molar refractivity (Wildman–Crippen MR) is 27.6 cm³/mol. The Morgan fingerprint density at radius 2 is 1.43 bits per heavy atom. The molecule has 0 aromatic heterocycles. The van der Waals surface area contributed by atoms with Gasteiger partial charge in [0.15, 0.2) is 0 Å². The molecule has 0 aliphatic heterocycles. The van der Waals surface area contributed by atoms with E-state index in [1.807, 2.05) is 20.8 Å². The number of rotatable bonds is 0. The highest BCUT2D eigenvalue weighted by atomic mass is 19.0. The molecule has 0 saturated carbocycles. The summed E-state index contributed by atoms with van der Waals surface area (Å²) in [5.41, 5.74) is -0.153. The van der Waals surface area contributed by atoms with Crippen molar-refractivity contribution in [1.29, 1.82) is 5.26 Å². The number of halogens is 1. The maximum Gasteiger partial charge on any atom is 0.0680 e. The smallest absolute Gasteiger partial charge is 0.0680 e. The van der Waals surface area contributed by atoms with Crippen LogP contribution in [0.25, 0.3) is 0 Å². The Bertz CT molecular complexity index is 75.1. The van der Waals surface area contributed by atoms with E-state index >= 15 is 0 Å². The zero-order valence-electron chi connectivity index (χ0n) is 4.86. The monoisotopic (exact) mass is 103 g/mol. The van der Waals surface area contributed by atoms with Gasteiger partial charge in [-0.3, -0.25) is 4.70 Å². The number of nitrogens with zero attached hydrogens (tertiary/aromatic N) is 1. The molecular formula is C5H10FN. The standard InChI is InChI=1S/C5H9N.FH/c1-5(2,3)4-6;/h1-3H3;1H. The van der Waals surface area contributed by atoms with Gasteiger partial charge >= 0.3 is 0 Å².